The van der Waals surface area contributed by atoms with E-state index in [1.807, 2.05) is 50.2 Å². The van der Waals surface area contributed by atoms with Crippen LogP contribution in [0.4, 0.5) is 4.79 Å². The predicted octanol–water partition coefficient (Wildman–Crippen LogP) is 3.13. The van der Waals surface area contributed by atoms with Crippen molar-refractivity contribution in [3.63, 3.8) is 0 Å². The van der Waals surface area contributed by atoms with E-state index in [2.05, 4.69) is 28.0 Å². The first-order chi connectivity index (χ1) is 14.9. The van der Waals surface area contributed by atoms with Crippen LogP contribution in [0.5, 0.6) is 0 Å². The Morgan fingerprint density at radius 3 is 2.19 bits per heavy atom. The van der Waals surface area contributed by atoms with E-state index in [0.29, 0.717) is 12.6 Å². The van der Waals surface area contributed by atoms with Gasteiger partial charge in [0.15, 0.2) is 0 Å². The molecule has 1 atom stereocenters. The lowest BCUT2D eigenvalue weighted by atomic mass is 9.98. The van der Waals surface area contributed by atoms with Gasteiger partial charge in [0.25, 0.3) is 5.91 Å². The van der Waals surface area contributed by atoms with Crippen molar-refractivity contribution in [2.75, 3.05) is 6.61 Å². The fourth-order valence-corrected chi connectivity index (χ4v) is 3.71. The quantitative estimate of drug-likeness (QED) is 0.445. The van der Waals surface area contributed by atoms with Crippen molar-refractivity contribution >= 4 is 24.2 Å². The summed E-state index contributed by atoms with van der Waals surface area (Å²) in [6.45, 7) is 3.94. The van der Waals surface area contributed by atoms with Gasteiger partial charge in [-0.25, -0.2) is 15.0 Å². The number of carbonyl (C=O) groups excluding carboxylic acids is 2. The number of carbonyl (C=O) groups is 3. The Morgan fingerprint density at radius 2 is 1.65 bits per heavy atom. The Bertz CT molecular complexity index is 957. The van der Waals surface area contributed by atoms with Gasteiger partial charge in [-0.15, -0.1) is 0 Å². The van der Waals surface area contributed by atoms with Crippen LogP contribution in [-0.2, 0) is 14.3 Å². The number of aliphatic carboxylic acids is 1. The summed E-state index contributed by atoms with van der Waals surface area (Å²) in [4.78, 5) is 35.3. The van der Waals surface area contributed by atoms with Gasteiger partial charge in [0.2, 0.25) is 0 Å². The number of nitrogens with zero attached hydrogens (tertiary/aromatic N) is 1. The second-order valence-corrected chi connectivity index (χ2v) is 7.72. The smallest absolute Gasteiger partial charge is 0.407 e. The molecule has 1 aliphatic rings. The third-order valence-electron chi connectivity index (χ3n) is 5.01. The molecule has 0 aromatic heterocycles. The van der Waals surface area contributed by atoms with E-state index >= 15 is 0 Å². The van der Waals surface area contributed by atoms with Crippen LogP contribution in [0, 0.1) is 5.92 Å². The number of hydrogen-bond donors (Lipinski definition) is 3. The van der Waals surface area contributed by atoms with Crippen LogP contribution in [0.3, 0.4) is 0 Å². The molecule has 0 saturated heterocycles. The monoisotopic (exact) mass is 423 g/mol. The van der Waals surface area contributed by atoms with E-state index in [4.69, 9.17) is 9.84 Å². The number of hydrazone groups is 1. The summed E-state index contributed by atoms with van der Waals surface area (Å²) in [5, 5.41) is 14.5. The van der Waals surface area contributed by atoms with Gasteiger partial charge in [0.05, 0.1) is 0 Å². The molecule has 3 rings (SSSR count). The van der Waals surface area contributed by atoms with Gasteiger partial charge in [-0.1, -0.05) is 62.4 Å². The average molecular weight is 423 g/mol. The molecule has 31 heavy (non-hydrogen) atoms. The Kier molecular flexibility index (Phi) is 7.02. The molecule has 8 nitrogen and oxygen atoms in total. The number of rotatable bonds is 8. The summed E-state index contributed by atoms with van der Waals surface area (Å²) in [6, 6.07) is 15.1. The summed E-state index contributed by atoms with van der Waals surface area (Å²) in [7, 11) is 0. The number of alkyl carbamates (subject to hydrolysis) is 1. The van der Waals surface area contributed by atoms with Crippen LogP contribution < -0.4 is 10.7 Å². The number of nitrogens with one attached hydrogen (secondary N) is 2. The van der Waals surface area contributed by atoms with E-state index in [1.54, 1.807) is 0 Å². The van der Waals surface area contributed by atoms with Gasteiger partial charge in [0, 0.05) is 5.92 Å². The zero-order valence-corrected chi connectivity index (χ0v) is 17.4. The van der Waals surface area contributed by atoms with Crippen molar-refractivity contribution in [3.8, 4) is 11.1 Å². The van der Waals surface area contributed by atoms with Gasteiger partial charge in [-0.3, -0.25) is 4.79 Å². The highest BCUT2D eigenvalue weighted by Gasteiger charge is 2.30. The number of amides is 2. The molecular weight excluding hydrogens is 398 g/mol. The molecule has 2 aromatic carbocycles. The molecule has 0 aliphatic heterocycles. The first-order valence-corrected chi connectivity index (χ1v) is 10.0. The van der Waals surface area contributed by atoms with Crippen LogP contribution in [0.15, 0.2) is 53.6 Å². The highest BCUT2D eigenvalue weighted by molar-refractivity contribution is 6.22. The fourth-order valence-electron chi connectivity index (χ4n) is 3.71. The number of hydrogen-bond acceptors (Lipinski definition) is 5. The number of benzene rings is 2. The van der Waals surface area contributed by atoms with E-state index in [1.165, 1.54) is 0 Å². The van der Waals surface area contributed by atoms with Crippen LogP contribution in [-0.4, -0.2) is 41.9 Å². The largest absolute Gasteiger partial charge is 0.477 e. The molecule has 0 saturated carbocycles. The third kappa shape index (κ3) is 5.48. The molecule has 0 bridgehead atoms. The summed E-state index contributed by atoms with van der Waals surface area (Å²) >= 11 is 0. The van der Waals surface area contributed by atoms with Gasteiger partial charge < -0.3 is 15.2 Å². The van der Waals surface area contributed by atoms with Crippen LogP contribution in [0.25, 0.3) is 11.1 Å². The Balaban J connectivity index is 1.65. The molecule has 162 valence electrons. The summed E-state index contributed by atoms with van der Waals surface area (Å²) in [5.74, 6) is -1.88. The second kappa shape index (κ2) is 9.88. The minimum atomic E-state index is -1.29. The third-order valence-corrected chi connectivity index (χ3v) is 5.01. The van der Waals surface area contributed by atoms with Gasteiger partial charge in [-0.2, -0.15) is 5.10 Å². The number of carboxylic acids is 1. The first kappa shape index (κ1) is 22.0. The zero-order valence-electron chi connectivity index (χ0n) is 17.4. The molecule has 0 heterocycles. The van der Waals surface area contributed by atoms with Crippen LogP contribution in [0.2, 0.25) is 0 Å². The minimum Gasteiger partial charge on any atom is -0.477 e. The highest BCUT2D eigenvalue weighted by atomic mass is 16.5. The molecule has 2 amide bonds. The van der Waals surface area contributed by atoms with Crippen molar-refractivity contribution in [3.05, 3.63) is 59.7 Å². The van der Waals surface area contributed by atoms with Crippen molar-refractivity contribution in [1.82, 2.24) is 10.7 Å². The summed E-state index contributed by atoms with van der Waals surface area (Å²) in [5.41, 5.74) is 6.57. The van der Waals surface area contributed by atoms with Gasteiger partial charge >= 0.3 is 12.1 Å². The topological polar surface area (TPSA) is 117 Å². The SMILES string of the molecule is CC(C)C[C@H](NC(=O)OCC1c2ccccc2-c2ccccc21)C(=O)NN=CC(=O)O. The molecule has 0 fully saturated rings. The minimum absolute atomic E-state index is 0.0873. The lowest BCUT2D eigenvalue weighted by Crippen LogP contribution is -2.46. The Hall–Kier alpha value is -3.68. The highest BCUT2D eigenvalue weighted by Crippen LogP contribution is 2.44. The average Bonchev–Trinajstić information content (AvgIpc) is 3.05. The number of carboxylic acid groups (broad SMARTS) is 1. The standard InChI is InChI=1S/C23H25N3O5/c1-14(2)11-20(22(29)26-24-12-21(27)28)25-23(30)31-13-19-17-9-5-3-7-15(17)16-8-4-6-10-18(16)19/h3-10,12,14,19-20H,11,13H2,1-2H3,(H,25,30)(H,26,29)(H,27,28)/t20-/m0/s1. The van der Waals surface area contributed by atoms with Crippen molar-refractivity contribution in [2.45, 2.75) is 32.2 Å². The van der Waals surface area contributed by atoms with Gasteiger partial charge in [0.1, 0.15) is 18.9 Å². The maximum absolute atomic E-state index is 12.5. The molecule has 3 N–H and O–H groups in total. The lowest BCUT2D eigenvalue weighted by Gasteiger charge is -2.20. The number of ether oxygens (including phenoxy) is 1. The van der Waals surface area contributed by atoms with E-state index in [-0.39, 0.29) is 18.4 Å². The summed E-state index contributed by atoms with van der Waals surface area (Å²) in [6.07, 6.45) is 0.195. The van der Waals surface area contributed by atoms with Crippen molar-refractivity contribution in [1.29, 1.82) is 0 Å². The zero-order chi connectivity index (χ0) is 22.4. The van der Waals surface area contributed by atoms with Crippen LogP contribution in [0.1, 0.15) is 37.3 Å². The van der Waals surface area contributed by atoms with Crippen molar-refractivity contribution in [2.24, 2.45) is 11.0 Å². The lowest BCUT2D eigenvalue weighted by molar-refractivity contribution is -0.128. The van der Waals surface area contributed by atoms with Crippen LogP contribution >= 0.6 is 0 Å². The summed E-state index contributed by atoms with van der Waals surface area (Å²) < 4.78 is 5.48. The molecule has 1 aliphatic carbocycles. The molecule has 0 unspecified atom stereocenters. The number of fused-ring (bicyclic) bond motifs is 3. The Morgan fingerprint density at radius 1 is 1.06 bits per heavy atom. The van der Waals surface area contributed by atoms with Crippen molar-refractivity contribution < 1.29 is 24.2 Å². The molecular formula is C23H25N3O5. The maximum atomic E-state index is 12.5. The second-order valence-electron chi connectivity index (χ2n) is 7.72. The molecule has 8 heteroatoms. The maximum Gasteiger partial charge on any atom is 0.407 e. The first-order valence-electron chi connectivity index (χ1n) is 10.0. The van der Waals surface area contributed by atoms with E-state index in [0.717, 1.165) is 22.3 Å². The normalized spacial score (nSPS) is 13.5. The van der Waals surface area contributed by atoms with E-state index < -0.39 is 24.0 Å². The molecule has 0 radical (unpaired) electrons. The van der Waals surface area contributed by atoms with E-state index in [9.17, 15) is 14.4 Å². The fraction of sp³-hybridized carbons (Fsp3) is 0.304. The predicted molar refractivity (Wildman–Crippen MR) is 116 cm³/mol. The van der Waals surface area contributed by atoms with Gasteiger partial charge in [-0.05, 0) is 34.6 Å². The Labute approximate surface area is 180 Å². The molecule has 0 spiro atoms. The molecule has 2 aromatic rings.